The topological polar surface area (TPSA) is 53.6 Å². The molecule has 0 aromatic carbocycles. The maximum Gasteiger partial charge on any atom is 0.208 e. The number of unbranched alkanes of at least 4 members (excludes halogenated alkanes) is 3. The lowest BCUT2D eigenvalue weighted by atomic mass is 10.3. The molecule has 0 spiro atoms. The third-order valence-corrected chi connectivity index (χ3v) is 2.77. The van der Waals surface area contributed by atoms with Gasteiger partial charge in [0.05, 0.1) is 0 Å². The van der Waals surface area contributed by atoms with Gasteiger partial charge in [-0.2, -0.15) is 0 Å². The van der Waals surface area contributed by atoms with Gasteiger partial charge >= 0.3 is 0 Å². The first kappa shape index (κ1) is 16.2. The fraction of sp³-hybridized carbons (Fsp3) is 0.923. The van der Waals surface area contributed by atoms with Crippen molar-refractivity contribution in [3.05, 3.63) is 0 Å². The summed E-state index contributed by atoms with van der Waals surface area (Å²) < 4.78 is 0. The highest BCUT2D eigenvalue weighted by Crippen LogP contribution is 2.00. The second-order valence-corrected chi connectivity index (χ2v) is 4.40. The zero-order valence-electron chi connectivity index (χ0n) is 11.8. The number of aliphatic imine (C=N–C) groups is 1. The van der Waals surface area contributed by atoms with Crippen molar-refractivity contribution in [2.24, 2.45) is 10.8 Å². The molecule has 0 fully saturated rings. The molecule has 0 amide bonds. The van der Waals surface area contributed by atoms with Gasteiger partial charge in [0, 0.05) is 19.6 Å². The number of hydrogen-bond acceptors (Lipinski definition) is 2. The van der Waals surface area contributed by atoms with Gasteiger partial charge in [-0.15, -0.1) is 0 Å². The van der Waals surface area contributed by atoms with E-state index in [0.717, 1.165) is 32.0 Å². The summed E-state index contributed by atoms with van der Waals surface area (Å²) in [6, 6.07) is 0. The Kier molecular flexibility index (Phi) is 11.2. The van der Waals surface area contributed by atoms with Crippen molar-refractivity contribution in [2.75, 3.05) is 19.6 Å². The molecule has 0 aliphatic carbocycles. The fourth-order valence-electron chi connectivity index (χ4n) is 1.60. The minimum absolute atomic E-state index is 0.861. The minimum Gasteiger partial charge on any atom is -0.342 e. The van der Waals surface area contributed by atoms with Crippen LogP contribution in [-0.4, -0.2) is 30.5 Å². The molecule has 0 saturated carbocycles. The van der Waals surface area contributed by atoms with E-state index in [9.17, 15) is 0 Å². The maximum absolute atomic E-state index is 5.58. The molecular formula is C13H30N4. The van der Waals surface area contributed by atoms with E-state index in [1.165, 1.54) is 32.1 Å². The maximum atomic E-state index is 5.58. The molecule has 0 aromatic rings. The van der Waals surface area contributed by atoms with Crippen LogP contribution in [0, 0.1) is 0 Å². The Labute approximate surface area is 107 Å². The van der Waals surface area contributed by atoms with E-state index in [1.807, 2.05) is 0 Å². The zero-order chi connectivity index (χ0) is 12.9. The van der Waals surface area contributed by atoms with Gasteiger partial charge in [-0.25, -0.2) is 5.84 Å². The number of rotatable bonds is 9. The van der Waals surface area contributed by atoms with Crippen LogP contribution in [-0.2, 0) is 0 Å². The molecule has 0 rings (SSSR count). The molecule has 0 unspecified atom stereocenters. The molecule has 17 heavy (non-hydrogen) atoms. The summed E-state index contributed by atoms with van der Waals surface area (Å²) in [5, 5.41) is 0. The van der Waals surface area contributed by atoms with E-state index in [2.05, 4.69) is 36.1 Å². The van der Waals surface area contributed by atoms with E-state index in [-0.39, 0.29) is 0 Å². The van der Waals surface area contributed by atoms with E-state index < -0.39 is 0 Å². The fourth-order valence-corrected chi connectivity index (χ4v) is 1.60. The van der Waals surface area contributed by atoms with Crippen molar-refractivity contribution in [2.45, 2.75) is 59.3 Å². The van der Waals surface area contributed by atoms with E-state index in [0.29, 0.717) is 0 Å². The average molecular weight is 242 g/mol. The van der Waals surface area contributed by atoms with Gasteiger partial charge in [0.2, 0.25) is 5.96 Å². The lowest BCUT2D eigenvalue weighted by Crippen LogP contribution is -2.45. The van der Waals surface area contributed by atoms with E-state index in [1.54, 1.807) is 0 Å². The number of guanidine groups is 1. The predicted molar refractivity (Wildman–Crippen MR) is 75.9 cm³/mol. The standard InChI is InChI=1S/C13H30N4/c1-4-7-10-15-13(16-14)17(11-8-5-2)12-9-6-3/h4-12,14H2,1-3H3,(H,15,16). The summed E-state index contributed by atoms with van der Waals surface area (Å²) in [6.45, 7) is 9.56. The van der Waals surface area contributed by atoms with Crippen LogP contribution in [0.3, 0.4) is 0 Å². The zero-order valence-corrected chi connectivity index (χ0v) is 11.8. The highest BCUT2D eigenvalue weighted by atomic mass is 15.4. The lowest BCUT2D eigenvalue weighted by molar-refractivity contribution is 0.384. The largest absolute Gasteiger partial charge is 0.342 e. The third-order valence-electron chi connectivity index (χ3n) is 2.77. The van der Waals surface area contributed by atoms with Gasteiger partial charge in [-0.05, 0) is 19.3 Å². The third kappa shape index (κ3) is 8.02. The summed E-state index contributed by atoms with van der Waals surface area (Å²) in [7, 11) is 0. The van der Waals surface area contributed by atoms with Gasteiger partial charge < -0.3 is 4.90 Å². The number of nitrogens with one attached hydrogen (secondary N) is 1. The smallest absolute Gasteiger partial charge is 0.208 e. The van der Waals surface area contributed by atoms with Crippen molar-refractivity contribution in [1.82, 2.24) is 10.3 Å². The summed E-state index contributed by atoms with van der Waals surface area (Å²) in [5.41, 5.74) is 2.75. The predicted octanol–water partition coefficient (Wildman–Crippen LogP) is 2.51. The Morgan fingerprint density at radius 3 is 1.94 bits per heavy atom. The first-order valence-corrected chi connectivity index (χ1v) is 7.06. The Bertz CT molecular complexity index is 184. The molecule has 0 aromatic heterocycles. The van der Waals surface area contributed by atoms with Crippen molar-refractivity contribution in [1.29, 1.82) is 0 Å². The highest BCUT2D eigenvalue weighted by Gasteiger charge is 2.08. The molecule has 0 atom stereocenters. The second kappa shape index (κ2) is 11.7. The number of nitrogens with two attached hydrogens (primary N) is 1. The van der Waals surface area contributed by atoms with Crippen molar-refractivity contribution >= 4 is 5.96 Å². The van der Waals surface area contributed by atoms with Crippen LogP contribution in [0.15, 0.2) is 4.99 Å². The van der Waals surface area contributed by atoms with Gasteiger partial charge in [-0.3, -0.25) is 10.4 Å². The average Bonchev–Trinajstić information content (AvgIpc) is 2.36. The SMILES string of the molecule is CCCCN=C(NN)N(CCCC)CCCC. The lowest BCUT2D eigenvalue weighted by Gasteiger charge is -2.25. The quantitative estimate of drug-likeness (QED) is 0.215. The molecule has 0 heterocycles. The van der Waals surface area contributed by atoms with Gasteiger partial charge in [0.25, 0.3) is 0 Å². The molecule has 102 valence electrons. The summed E-state index contributed by atoms with van der Waals surface area (Å²) >= 11 is 0. The normalized spacial score (nSPS) is 11.6. The van der Waals surface area contributed by atoms with Crippen LogP contribution in [0.1, 0.15) is 59.3 Å². The minimum atomic E-state index is 0.861. The number of hydrogen-bond donors (Lipinski definition) is 2. The van der Waals surface area contributed by atoms with Crippen LogP contribution in [0.4, 0.5) is 0 Å². The van der Waals surface area contributed by atoms with Crippen molar-refractivity contribution in [3.63, 3.8) is 0 Å². The molecule has 3 N–H and O–H groups in total. The summed E-state index contributed by atoms with van der Waals surface area (Å²) in [4.78, 5) is 6.82. The van der Waals surface area contributed by atoms with Crippen molar-refractivity contribution < 1.29 is 0 Å². The molecule has 4 nitrogen and oxygen atoms in total. The Morgan fingerprint density at radius 2 is 1.53 bits per heavy atom. The van der Waals surface area contributed by atoms with Gasteiger partial charge in [0.1, 0.15) is 0 Å². The van der Waals surface area contributed by atoms with Crippen LogP contribution < -0.4 is 11.3 Å². The molecule has 4 heteroatoms. The Morgan fingerprint density at radius 1 is 1.00 bits per heavy atom. The molecule has 0 radical (unpaired) electrons. The van der Waals surface area contributed by atoms with Crippen molar-refractivity contribution in [3.8, 4) is 0 Å². The Balaban J connectivity index is 4.30. The molecule has 0 aliphatic heterocycles. The summed E-state index contributed by atoms with van der Waals surface area (Å²) in [6.07, 6.45) is 7.09. The van der Waals surface area contributed by atoms with E-state index in [4.69, 9.17) is 5.84 Å². The van der Waals surface area contributed by atoms with E-state index >= 15 is 0 Å². The number of hydrazine groups is 1. The van der Waals surface area contributed by atoms with Crippen LogP contribution in [0.5, 0.6) is 0 Å². The molecule has 0 aliphatic rings. The number of nitrogens with zero attached hydrogens (tertiary/aromatic N) is 2. The molecule has 0 bridgehead atoms. The molecular weight excluding hydrogens is 212 g/mol. The Hall–Kier alpha value is -0.770. The first-order chi connectivity index (χ1) is 8.29. The van der Waals surface area contributed by atoms with Gasteiger partial charge in [-0.1, -0.05) is 40.0 Å². The summed E-state index contributed by atoms with van der Waals surface area (Å²) in [5.74, 6) is 6.44. The van der Waals surface area contributed by atoms with Crippen LogP contribution in [0.2, 0.25) is 0 Å². The first-order valence-electron chi connectivity index (χ1n) is 7.06. The second-order valence-electron chi connectivity index (χ2n) is 4.40. The highest BCUT2D eigenvalue weighted by molar-refractivity contribution is 5.79. The van der Waals surface area contributed by atoms with Crippen LogP contribution >= 0.6 is 0 Å². The monoisotopic (exact) mass is 242 g/mol. The van der Waals surface area contributed by atoms with Crippen LogP contribution in [0.25, 0.3) is 0 Å². The molecule has 0 saturated heterocycles. The van der Waals surface area contributed by atoms with Gasteiger partial charge in [0.15, 0.2) is 0 Å².